The summed E-state index contributed by atoms with van der Waals surface area (Å²) >= 11 is 0. The first kappa shape index (κ1) is 10.6. The summed E-state index contributed by atoms with van der Waals surface area (Å²) in [6.45, 7) is 0. The monoisotopic (exact) mass is 212 g/mol. The molecule has 0 aliphatic heterocycles. The van der Waals surface area contributed by atoms with E-state index in [-0.39, 0.29) is 0 Å². The first-order chi connectivity index (χ1) is 7.75. The van der Waals surface area contributed by atoms with Gasteiger partial charge in [0.05, 0.1) is 0 Å². The van der Waals surface area contributed by atoms with Crippen molar-refractivity contribution in [1.29, 1.82) is 0 Å². The Kier molecular flexibility index (Phi) is 3.10. The SMILES string of the molecule is CN(C)c1ccc(/C=C/c2ccc[nH]2)cc1. The molecule has 2 nitrogen and oxygen atoms in total. The second-order valence-electron chi connectivity index (χ2n) is 3.94. The van der Waals surface area contributed by atoms with Crippen LogP contribution in [0.1, 0.15) is 11.3 Å². The lowest BCUT2D eigenvalue weighted by Crippen LogP contribution is -2.07. The Balaban J connectivity index is 2.11. The predicted molar refractivity (Wildman–Crippen MR) is 70.5 cm³/mol. The highest BCUT2D eigenvalue weighted by Gasteiger charge is 1.93. The van der Waals surface area contributed by atoms with Gasteiger partial charge in [0.25, 0.3) is 0 Å². The minimum absolute atomic E-state index is 1.12. The number of benzene rings is 1. The molecule has 2 aromatic rings. The van der Waals surface area contributed by atoms with Gasteiger partial charge >= 0.3 is 0 Å². The van der Waals surface area contributed by atoms with E-state index in [0.717, 1.165) is 5.69 Å². The molecular weight excluding hydrogens is 196 g/mol. The van der Waals surface area contributed by atoms with E-state index in [1.165, 1.54) is 11.3 Å². The van der Waals surface area contributed by atoms with Gasteiger partial charge < -0.3 is 9.88 Å². The van der Waals surface area contributed by atoms with E-state index in [2.05, 4.69) is 46.3 Å². The smallest absolute Gasteiger partial charge is 0.0380 e. The first-order valence-electron chi connectivity index (χ1n) is 5.34. The van der Waals surface area contributed by atoms with Gasteiger partial charge in [-0.2, -0.15) is 0 Å². The quantitative estimate of drug-likeness (QED) is 0.827. The standard InChI is InChI=1S/C14H16N2/c1-16(2)14-9-6-12(7-10-14)5-8-13-4-3-11-15-13/h3-11,15H,1-2H3/b8-5+. The number of nitrogens with one attached hydrogen (secondary N) is 1. The lowest BCUT2D eigenvalue weighted by Gasteiger charge is -2.11. The molecule has 1 aromatic heterocycles. The molecule has 0 saturated heterocycles. The Hall–Kier alpha value is -1.96. The molecular formula is C14H16N2. The van der Waals surface area contributed by atoms with Crippen LogP contribution in [0.25, 0.3) is 12.2 Å². The summed E-state index contributed by atoms with van der Waals surface area (Å²) in [6.07, 6.45) is 6.10. The zero-order valence-electron chi connectivity index (χ0n) is 9.64. The van der Waals surface area contributed by atoms with Gasteiger partial charge in [-0.05, 0) is 35.9 Å². The van der Waals surface area contributed by atoms with Crippen LogP contribution >= 0.6 is 0 Å². The summed E-state index contributed by atoms with van der Waals surface area (Å²) in [4.78, 5) is 5.24. The zero-order chi connectivity index (χ0) is 11.4. The van der Waals surface area contributed by atoms with E-state index in [1.54, 1.807) is 0 Å². The molecule has 0 radical (unpaired) electrons. The van der Waals surface area contributed by atoms with Crippen LogP contribution in [-0.4, -0.2) is 19.1 Å². The number of aromatic amines is 1. The van der Waals surface area contributed by atoms with E-state index in [0.29, 0.717) is 0 Å². The van der Waals surface area contributed by atoms with Crippen molar-refractivity contribution in [1.82, 2.24) is 4.98 Å². The van der Waals surface area contributed by atoms with Crippen LogP contribution in [0.2, 0.25) is 0 Å². The highest BCUT2D eigenvalue weighted by atomic mass is 15.1. The highest BCUT2D eigenvalue weighted by molar-refractivity contribution is 5.69. The average Bonchev–Trinajstić information content (AvgIpc) is 2.80. The van der Waals surface area contributed by atoms with Crippen LogP contribution in [-0.2, 0) is 0 Å². The maximum absolute atomic E-state index is 3.14. The van der Waals surface area contributed by atoms with Crippen LogP contribution in [0.5, 0.6) is 0 Å². The molecule has 0 fully saturated rings. The number of nitrogens with zero attached hydrogens (tertiary/aromatic N) is 1. The number of aromatic nitrogens is 1. The second kappa shape index (κ2) is 4.71. The molecule has 0 atom stereocenters. The molecule has 1 aromatic carbocycles. The molecule has 2 rings (SSSR count). The molecule has 0 amide bonds. The Morgan fingerprint density at radius 2 is 1.75 bits per heavy atom. The van der Waals surface area contributed by atoms with Crippen LogP contribution in [0.3, 0.4) is 0 Å². The molecule has 0 aliphatic rings. The Morgan fingerprint density at radius 1 is 1.00 bits per heavy atom. The Labute approximate surface area is 96.2 Å². The van der Waals surface area contributed by atoms with Gasteiger partial charge in [-0.1, -0.05) is 18.2 Å². The molecule has 2 heteroatoms. The number of hydrogen-bond acceptors (Lipinski definition) is 1. The fraction of sp³-hybridized carbons (Fsp3) is 0.143. The van der Waals surface area contributed by atoms with Gasteiger partial charge in [0.15, 0.2) is 0 Å². The van der Waals surface area contributed by atoms with Gasteiger partial charge in [0, 0.05) is 31.7 Å². The van der Waals surface area contributed by atoms with E-state index < -0.39 is 0 Å². The summed E-state index contributed by atoms with van der Waals surface area (Å²) in [5.41, 5.74) is 3.55. The van der Waals surface area contributed by atoms with E-state index in [1.807, 2.05) is 32.4 Å². The summed E-state index contributed by atoms with van der Waals surface area (Å²) in [7, 11) is 4.09. The molecule has 1 heterocycles. The summed E-state index contributed by atoms with van der Waals surface area (Å²) in [5, 5.41) is 0. The van der Waals surface area contributed by atoms with E-state index in [4.69, 9.17) is 0 Å². The molecule has 0 spiro atoms. The summed E-state index contributed by atoms with van der Waals surface area (Å²) in [6, 6.07) is 12.5. The topological polar surface area (TPSA) is 19.0 Å². The first-order valence-corrected chi connectivity index (χ1v) is 5.34. The normalized spacial score (nSPS) is 10.9. The van der Waals surface area contributed by atoms with Crippen LogP contribution in [0.15, 0.2) is 42.6 Å². The molecule has 0 unspecified atom stereocenters. The van der Waals surface area contributed by atoms with Crippen molar-refractivity contribution in [3.63, 3.8) is 0 Å². The van der Waals surface area contributed by atoms with Gasteiger partial charge in [-0.25, -0.2) is 0 Å². The van der Waals surface area contributed by atoms with Crippen molar-refractivity contribution in [2.24, 2.45) is 0 Å². The number of hydrogen-bond donors (Lipinski definition) is 1. The maximum Gasteiger partial charge on any atom is 0.0380 e. The largest absolute Gasteiger partial charge is 0.378 e. The minimum atomic E-state index is 1.12. The van der Waals surface area contributed by atoms with Crippen molar-refractivity contribution < 1.29 is 0 Å². The van der Waals surface area contributed by atoms with Gasteiger partial charge in [0.1, 0.15) is 0 Å². The third kappa shape index (κ3) is 2.54. The van der Waals surface area contributed by atoms with Gasteiger partial charge in [-0.15, -0.1) is 0 Å². The Morgan fingerprint density at radius 3 is 2.31 bits per heavy atom. The van der Waals surface area contributed by atoms with Crippen molar-refractivity contribution in [2.75, 3.05) is 19.0 Å². The minimum Gasteiger partial charge on any atom is -0.378 e. The highest BCUT2D eigenvalue weighted by Crippen LogP contribution is 2.14. The maximum atomic E-state index is 3.14. The second-order valence-corrected chi connectivity index (χ2v) is 3.94. The third-order valence-electron chi connectivity index (χ3n) is 2.49. The lowest BCUT2D eigenvalue weighted by molar-refractivity contribution is 1.13. The molecule has 0 aliphatic carbocycles. The van der Waals surface area contributed by atoms with E-state index in [9.17, 15) is 0 Å². The average molecular weight is 212 g/mol. The number of anilines is 1. The van der Waals surface area contributed by atoms with Crippen molar-refractivity contribution in [3.05, 3.63) is 53.9 Å². The number of rotatable bonds is 3. The van der Waals surface area contributed by atoms with Crippen LogP contribution in [0.4, 0.5) is 5.69 Å². The fourth-order valence-corrected chi connectivity index (χ4v) is 1.52. The van der Waals surface area contributed by atoms with Gasteiger partial charge in [-0.3, -0.25) is 0 Å². The van der Waals surface area contributed by atoms with Gasteiger partial charge in [0.2, 0.25) is 0 Å². The molecule has 82 valence electrons. The zero-order valence-corrected chi connectivity index (χ0v) is 9.64. The lowest BCUT2D eigenvalue weighted by atomic mass is 10.2. The van der Waals surface area contributed by atoms with Crippen molar-refractivity contribution in [2.45, 2.75) is 0 Å². The van der Waals surface area contributed by atoms with E-state index >= 15 is 0 Å². The Bertz CT molecular complexity index is 450. The van der Waals surface area contributed by atoms with Crippen molar-refractivity contribution in [3.8, 4) is 0 Å². The third-order valence-corrected chi connectivity index (χ3v) is 2.49. The molecule has 16 heavy (non-hydrogen) atoms. The summed E-state index contributed by atoms with van der Waals surface area (Å²) in [5.74, 6) is 0. The predicted octanol–water partition coefficient (Wildman–Crippen LogP) is 3.25. The number of H-pyrrole nitrogens is 1. The van der Waals surface area contributed by atoms with Crippen LogP contribution in [0, 0.1) is 0 Å². The molecule has 0 saturated carbocycles. The van der Waals surface area contributed by atoms with Crippen LogP contribution < -0.4 is 4.90 Å². The summed E-state index contributed by atoms with van der Waals surface area (Å²) < 4.78 is 0. The molecule has 1 N–H and O–H groups in total. The fourth-order valence-electron chi connectivity index (χ4n) is 1.52. The van der Waals surface area contributed by atoms with Crippen molar-refractivity contribution >= 4 is 17.8 Å². The molecule has 0 bridgehead atoms.